The molecule has 0 saturated heterocycles. The molecular formula is C31H41NO4. The molecule has 1 aromatic rings. The summed E-state index contributed by atoms with van der Waals surface area (Å²) in [6, 6.07) is 9.50. The molecule has 0 amide bonds. The number of hydrogen-bond donors (Lipinski definition) is 1. The van der Waals surface area contributed by atoms with Crippen molar-refractivity contribution >= 4 is 5.78 Å². The lowest BCUT2D eigenvalue weighted by molar-refractivity contribution is -0.232. The van der Waals surface area contributed by atoms with Gasteiger partial charge in [0, 0.05) is 24.9 Å². The molecule has 194 valence electrons. The van der Waals surface area contributed by atoms with Gasteiger partial charge in [-0.1, -0.05) is 37.6 Å². The predicted octanol–water partition coefficient (Wildman–Crippen LogP) is 6.09. The first-order valence-corrected chi connectivity index (χ1v) is 13.8. The smallest absolute Gasteiger partial charge is 0.169 e. The Morgan fingerprint density at radius 2 is 1.81 bits per heavy atom. The first-order valence-electron chi connectivity index (χ1n) is 13.8. The van der Waals surface area contributed by atoms with Crippen molar-refractivity contribution < 1.29 is 19.4 Å². The van der Waals surface area contributed by atoms with Gasteiger partial charge in [0.25, 0.3) is 0 Å². The van der Waals surface area contributed by atoms with Crippen molar-refractivity contribution in [2.24, 2.45) is 28.6 Å². The van der Waals surface area contributed by atoms with Gasteiger partial charge in [-0.25, -0.2) is 0 Å². The van der Waals surface area contributed by atoms with E-state index in [-0.39, 0.29) is 16.6 Å². The van der Waals surface area contributed by atoms with Crippen LogP contribution in [0.1, 0.15) is 90.2 Å². The molecular weight excluding hydrogens is 450 g/mol. The highest BCUT2D eigenvalue weighted by atomic mass is 16.6. The van der Waals surface area contributed by atoms with Gasteiger partial charge in [0.2, 0.25) is 0 Å². The Balaban J connectivity index is 1.33. The molecule has 5 rings (SSSR count). The zero-order valence-electron chi connectivity index (χ0n) is 22.3. The molecule has 5 heteroatoms. The van der Waals surface area contributed by atoms with E-state index in [2.05, 4.69) is 26.0 Å². The van der Waals surface area contributed by atoms with Crippen LogP contribution in [0, 0.1) is 39.9 Å². The molecule has 36 heavy (non-hydrogen) atoms. The summed E-state index contributed by atoms with van der Waals surface area (Å²) < 4.78 is 12.4. The van der Waals surface area contributed by atoms with Crippen LogP contribution in [-0.2, 0) is 20.9 Å². The van der Waals surface area contributed by atoms with Crippen LogP contribution in [0.15, 0.2) is 35.9 Å². The van der Waals surface area contributed by atoms with Crippen LogP contribution >= 0.6 is 0 Å². The van der Waals surface area contributed by atoms with Crippen LogP contribution < -0.4 is 0 Å². The summed E-state index contributed by atoms with van der Waals surface area (Å²) in [5, 5.41) is 20.4. The number of ketones is 1. The van der Waals surface area contributed by atoms with Gasteiger partial charge in [0.15, 0.2) is 11.6 Å². The number of rotatable bonds is 6. The van der Waals surface area contributed by atoms with Gasteiger partial charge < -0.3 is 14.6 Å². The minimum atomic E-state index is -1.15. The number of Topliss-reactive ketones (excluding diaryl/α,β-unsaturated/α-hetero) is 1. The van der Waals surface area contributed by atoms with Crippen LogP contribution in [-0.4, -0.2) is 28.9 Å². The molecule has 1 N–H and O–H groups in total. The second-order valence-electron chi connectivity index (χ2n) is 12.3. The Hall–Kier alpha value is -2.00. The van der Waals surface area contributed by atoms with Gasteiger partial charge in [0.1, 0.15) is 5.60 Å². The van der Waals surface area contributed by atoms with Crippen molar-refractivity contribution in [2.75, 3.05) is 6.61 Å². The highest BCUT2D eigenvalue weighted by Crippen LogP contribution is 2.68. The number of nitrogens with zero attached hydrogens (tertiary/aromatic N) is 1. The highest BCUT2D eigenvalue weighted by Gasteiger charge is 2.66. The number of fused-ring (bicyclic) bond motifs is 5. The van der Waals surface area contributed by atoms with Crippen molar-refractivity contribution in [3.63, 3.8) is 0 Å². The predicted molar refractivity (Wildman–Crippen MR) is 138 cm³/mol. The van der Waals surface area contributed by atoms with Crippen molar-refractivity contribution in [3.05, 3.63) is 47.0 Å². The molecule has 0 heterocycles. The SMILES string of the molecule is CCO[C@]1(C(C)=O)CC[C@H]2[C@@H]3CC=C4CC(O)(OCc5ccc(C#N)cc5)CC[C@]4(C)[C@H]3CC[C@@]21C. The summed E-state index contributed by atoms with van der Waals surface area (Å²) in [5.74, 6) is 0.678. The van der Waals surface area contributed by atoms with E-state index >= 15 is 0 Å². The lowest BCUT2D eigenvalue weighted by Crippen LogP contribution is -2.58. The molecule has 1 unspecified atom stereocenters. The first-order chi connectivity index (χ1) is 17.1. The number of aliphatic hydroxyl groups is 1. The van der Waals surface area contributed by atoms with Crippen LogP contribution in [0.3, 0.4) is 0 Å². The average molecular weight is 492 g/mol. The van der Waals surface area contributed by atoms with Gasteiger partial charge >= 0.3 is 0 Å². The van der Waals surface area contributed by atoms with E-state index < -0.39 is 11.4 Å². The molecule has 3 saturated carbocycles. The van der Waals surface area contributed by atoms with Gasteiger partial charge in [-0.3, -0.25) is 4.79 Å². The van der Waals surface area contributed by atoms with E-state index in [1.54, 1.807) is 19.1 Å². The molecule has 5 nitrogen and oxygen atoms in total. The number of hydrogen-bond acceptors (Lipinski definition) is 5. The lowest BCUT2D eigenvalue weighted by atomic mass is 9.46. The summed E-state index contributed by atoms with van der Waals surface area (Å²) in [6.45, 7) is 9.40. The standard InChI is InChI=1S/C31H41NO4/c1-5-35-31(21(2)33)15-13-27-25-11-10-24-18-30(34,36-20-23-8-6-22(19-32)7-9-23)17-16-28(24,3)26(25)12-14-29(27,31)4/h6-10,25-27,34H,5,11-18,20H2,1-4H3/t25-,26+,27+,28+,29+,30?,31+/m1/s1. The Labute approximate surface area is 215 Å². The molecule has 0 aromatic heterocycles. The van der Waals surface area contributed by atoms with E-state index in [4.69, 9.17) is 14.7 Å². The largest absolute Gasteiger partial charge is 0.367 e. The Morgan fingerprint density at radius 1 is 1.08 bits per heavy atom. The third-order valence-electron chi connectivity index (χ3n) is 10.8. The molecule has 0 bridgehead atoms. The minimum Gasteiger partial charge on any atom is -0.367 e. The molecule has 0 spiro atoms. The van der Waals surface area contributed by atoms with E-state index in [1.165, 1.54) is 5.57 Å². The normalized spacial score (nSPS) is 41.4. The maximum absolute atomic E-state index is 12.9. The van der Waals surface area contributed by atoms with Crippen LogP contribution in [0.4, 0.5) is 0 Å². The monoisotopic (exact) mass is 491 g/mol. The fourth-order valence-corrected chi connectivity index (χ4v) is 8.80. The van der Waals surface area contributed by atoms with Crippen molar-refractivity contribution in [3.8, 4) is 6.07 Å². The Morgan fingerprint density at radius 3 is 2.47 bits per heavy atom. The minimum absolute atomic E-state index is 0.0708. The second-order valence-corrected chi connectivity index (χ2v) is 12.3. The number of carbonyl (C=O) groups excluding carboxylic acids is 1. The number of benzene rings is 1. The first kappa shape index (κ1) is 25.6. The molecule has 7 atom stereocenters. The van der Waals surface area contributed by atoms with E-state index in [0.29, 0.717) is 49.4 Å². The van der Waals surface area contributed by atoms with Crippen LogP contribution in [0.25, 0.3) is 0 Å². The summed E-state index contributed by atoms with van der Waals surface area (Å²) in [7, 11) is 0. The molecule has 0 radical (unpaired) electrons. The quantitative estimate of drug-likeness (QED) is 0.385. The van der Waals surface area contributed by atoms with E-state index in [1.807, 2.05) is 19.1 Å². The second kappa shape index (κ2) is 9.08. The third-order valence-corrected chi connectivity index (χ3v) is 10.8. The summed E-state index contributed by atoms with van der Waals surface area (Å²) >= 11 is 0. The van der Waals surface area contributed by atoms with Gasteiger partial charge in [-0.15, -0.1) is 0 Å². The van der Waals surface area contributed by atoms with Gasteiger partial charge in [-0.2, -0.15) is 5.26 Å². The fourth-order valence-electron chi connectivity index (χ4n) is 8.80. The fraction of sp³-hybridized carbons (Fsp3) is 0.677. The topological polar surface area (TPSA) is 79.6 Å². The van der Waals surface area contributed by atoms with E-state index in [0.717, 1.165) is 44.1 Å². The van der Waals surface area contributed by atoms with Crippen LogP contribution in [0.2, 0.25) is 0 Å². The molecule has 0 aliphatic heterocycles. The zero-order valence-corrected chi connectivity index (χ0v) is 22.3. The third kappa shape index (κ3) is 3.80. The number of carbonyl (C=O) groups is 1. The molecule has 3 fully saturated rings. The van der Waals surface area contributed by atoms with Crippen LogP contribution in [0.5, 0.6) is 0 Å². The molecule has 4 aliphatic carbocycles. The van der Waals surface area contributed by atoms with Crippen molar-refractivity contribution in [2.45, 2.75) is 97.1 Å². The Bertz CT molecular complexity index is 1090. The Kier molecular flexibility index (Phi) is 6.47. The van der Waals surface area contributed by atoms with Gasteiger partial charge in [-0.05, 0) is 93.2 Å². The number of allylic oxidation sites excluding steroid dienone is 1. The maximum atomic E-state index is 12.9. The average Bonchev–Trinajstić information content (AvgIpc) is 3.17. The highest BCUT2D eigenvalue weighted by molar-refractivity contribution is 5.86. The molecule has 1 aromatic carbocycles. The van der Waals surface area contributed by atoms with Crippen molar-refractivity contribution in [1.29, 1.82) is 5.26 Å². The number of ether oxygens (including phenoxy) is 2. The molecule has 4 aliphatic rings. The van der Waals surface area contributed by atoms with Crippen molar-refractivity contribution in [1.82, 2.24) is 0 Å². The summed E-state index contributed by atoms with van der Waals surface area (Å²) in [6.07, 6.45) is 9.55. The van der Waals surface area contributed by atoms with Gasteiger partial charge in [0.05, 0.1) is 18.2 Å². The maximum Gasteiger partial charge on any atom is 0.169 e. The zero-order chi connectivity index (χ0) is 25.8. The number of nitriles is 1. The van der Waals surface area contributed by atoms with E-state index in [9.17, 15) is 9.90 Å². The lowest BCUT2D eigenvalue weighted by Gasteiger charge is -2.60. The summed E-state index contributed by atoms with van der Waals surface area (Å²) in [4.78, 5) is 12.9. The summed E-state index contributed by atoms with van der Waals surface area (Å²) in [5.41, 5.74) is 2.28.